The van der Waals surface area contributed by atoms with E-state index in [2.05, 4.69) is 10.2 Å². The largest absolute Gasteiger partial charge is 0.497 e. The third-order valence-corrected chi connectivity index (χ3v) is 5.62. The quantitative estimate of drug-likeness (QED) is 0.724. The number of aromatic nitrogens is 2. The maximum Gasteiger partial charge on any atom is 0.336 e. The highest BCUT2D eigenvalue weighted by molar-refractivity contribution is 7.91. The van der Waals surface area contributed by atoms with Gasteiger partial charge in [-0.05, 0) is 31.4 Å². The van der Waals surface area contributed by atoms with Gasteiger partial charge in [0, 0.05) is 24.7 Å². The van der Waals surface area contributed by atoms with Crippen molar-refractivity contribution in [2.24, 2.45) is 0 Å². The van der Waals surface area contributed by atoms with E-state index in [-0.39, 0.29) is 5.89 Å². The monoisotopic (exact) mass is 395 g/mol. The number of amides is 1. The summed E-state index contributed by atoms with van der Waals surface area (Å²) in [5, 5.41) is 6.83. The molecule has 3 rings (SSSR count). The number of hydrogen-bond donors (Lipinski definition) is 0. The molecule has 1 fully saturated rings. The van der Waals surface area contributed by atoms with Crippen molar-refractivity contribution < 1.29 is 27.1 Å². The minimum atomic E-state index is -4.02. The van der Waals surface area contributed by atoms with Gasteiger partial charge in [-0.3, -0.25) is 4.79 Å². The van der Waals surface area contributed by atoms with Gasteiger partial charge in [0.2, 0.25) is 21.6 Å². The first-order valence-corrected chi connectivity index (χ1v) is 10.2. The number of piperidine rings is 1. The smallest absolute Gasteiger partial charge is 0.336 e. The summed E-state index contributed by atoms with van der Waals surface area (Å²) in [6.45, 7) is 1.15. The highest BCUT2D eigenvalue weighted by Crippen LogP contribution is 2.29. The summed E-state index contributed by atoms with van der Waals surface area (Å²) in [6, 6.07) is 4.89. The molecule has 0 spiro atoms. The fourth-order valence-electron chi connectivity index (χ4n) is 2.84. The van der Waals surface area contributed by atoms with Crippen LogP contribution in [-0.4, -0.2) is 62.5 Å². The molecule has 27 heavy (non-hydrogen) atoms. The van der Waals surface area contributed by atoms with Crippen LogP contribution in [0.2, 0.25) is 0 Å². The molecule has 1 aliphatic heterocycles. The first-order valence-electron chi connectivity index (χ1n) is 8.50. The molecule has 0 aliphatic carbocycles. The van der Waals surface area contributed by atoms with Crippen molar-refractivity contribution in [3.8, 4) is 23.0 Å². The Labute approximate surface area is 157 Å². The molecule has 2 heterocycles. The predicted octanol–water partition coefficient (Wildman–Crippen LogP) is 1.54. The molecule has 0 unspecified atom stereocenters. The molecule has 1 amide bonds. The minimum absolute atomic E-state index is 0.00352. The molecular weight excluding hydrogens is 374 g/mol. The molecule has 0 radical (unpaired) electrons. The topological polar surface area (TPSA) is 112 Å². The van der Waals surface area contributed by atoms with Gasteiger partial charge >= 0.3 is 5.22 Å². The van der Waals surface area contributed by atoms with E-state index in [0.717, 1.165) is 19.3 Å². The SMILES string of the molecule is COc1cc(OC)cc(-c2nnc(S(=O)(=O)CC(=O)N3CCCCC3)o2)c1. The summed E-state index contributed by atoms with van der Waals surface area (Å²) in [7, 11) is -1.03. The van der Waals surface area contributed by atoms with Crippen molar-refractivity contribution in [3.63, 3.8) is 0 Å². The standard InChI is InChI=1S/C17H21N3O6S/c1-24-13-8-12(9-14(10-13)25-2)16-18-19-17(26-16)27(22,23)11-15(21)20-6-4-3-5-7-20/h8-10H,3-7,11H2,1-2H3. The lowest BCUT2D eigenvalue weighted by Crippen LogP contribution is -2.39. The number of nitrogens with zero attached hydrogens (tertiary/aromatic N) is 3. The fraction of sp³-hybridized carbons (Fsp3) is 0.471. The summed E-state index contributed by atoms with van der Waals surface area (Å²) >= 11 is 0. The number of sulfone groups is 1. The van der Waals surface area contributed by atoms with Crippen molar-refractivity contribution in [3.05, 3.63) is 18.2 Å². The summed E-state index contributed by atoms with van der Waals surface area (Å²) in [4.78, 5) is 13.8. The van der Waals surface area contributed by atoms with Crippen LogP contribution in [0.4, 0.5) is 0 Å². The Kier molecular flexibility index (Phi) is 5.64. The predicted molar refractivity (Wildman–Crippen MR) is 95.3 cm³/mol. The van der Waals surface area contributed by atoms with Crippen LogP contribution in [0.5, 0.6) is 11.5 Å². The lowest BCUT2D eigenvalue weighted by atomic mass is 10.1. The zero-order valence-corrected chi connectivity index (χ0v) is 16.0. The highest BCUT2D eigenvalue weighted by atomic mass is 32.2. The van der Waals surface area contributed by atoms with E-state index in [1.54, 1.807) is 23.1 Å². The molecule has 0 atom stereocenters. The molecule has 1 aromatic heterocycles. The number of likely N-dealkylation sites (tertiary alicyclic amines) is 1. The molecule has 2 aromatic rings. The average molecular weight is 395 g/mol. The normalized spacial score (nSPS) is 14.8. The zero-order valence-electron chi connectivity index (χ0n) is 15.2. The second-order valence-electron chi connectivity index (χ2n) is 6.17. The second-order valence-corrected chi connectivity index (χ2v) is 8.04. The number of hydrogen-bond acceptors (Lipinski definition) is 8. The number of ether oxygens (including phenoxy) is 2. The second kappa shape index (κ2) is 7.95. The first-order chi connectivity index (χ1) is 12.9. The average Bonchev–Trinajstić information content (AvgIpc) is 3.19. The Morgan fingerprint density at radius 3 is 2.30 bits per heavy atom. The van der Waals surface area contributed by atoms with E-state index in [4.69, 9.17) is 13.9 Å². The van der Waals surface area contributed by atoms with Gasteiger partial charge in [-0.15, -0.1) is 5.10 Å². The van der Waals surface area contributed by atoms with Gasteiger partial charge < -0.3 is 18.8 Å². The van der Waals surface area contributed by atoms with E-state index >= 15 is 0 Å². The fourth-order valence-corrected chi connectivity index (χ4v) is 3.84. The van der Waals surface area contributed by atoms with Crippen LogP contribution in [0, 0.1) is 0 Å². The third-order valence-electron chi connectivity index (χ3n) is 4.29. The lowest BCUT2D eigenvalue weighted by Gasteiger charge is -2.26. The highest BCUT2D eigenvalue weighted by Gasteiger charge is 2.29. The van der Waals surface area contributed by atoms with Crippen molar-refractivity contribution in [2.75, 3.05) is 33.1 Å². The van der Waals surface area contributed by atoms with E-state index in [1.165, 1.54) is 14.2 Å². The van der Waals surface area contributed by atoms with Crippen molar-refractivity contribution in [2.45, 2.75) is 24.5 Å². The number of benzene rings is 1. The Bertz CT molecular complexity index is 896. The van der Waals surface area contributed by atoms with E-state index in [9.17, 15) is 13.2 Å². The maximum absolute atomic E-state index is 12.5. The van der Waals surface area contributed by atoms with E-state index < -0.39 is 26.7 Å². The lowest BCUT2D eigenvalue weighted by molar-refractivity contribution is -0.129. The van der Waals surface area contributed by atoms with Gasteiger partial charge in [-0.25, -0.2) is 8.42 Å². The Balaban J connectivity index is 1.81. The summed E-state index contributed by atoms with van der Waals surface area (Å²) in [6.07, 6.45) is 2.82. The van der Waals surface area contributed by atoms with Gasteiger partial charge in [-0.2, -0.15) is 0 Å². The maximum atomic E-state index is 12.5. The number of carbonyl (C=O) groups is 1. The van der Waals surface area contributed by atoms with Crippen LogP contribution in [-0.2, 0) is 14.6 Å². The summed E-state index contributed by atoms with van der Waals surface area (Å²) in [5.74, 6) is -0.149. The third kappa shape index (κ3) is 4.38. The van der Waals surface area contributed by atoms with Crippen LogP contribution in [0.25, 0.3) is 11.5 Å². The molecule has 9 nitrogen and oxygen atoms in total. The van der Waals surface area contributed by atoms with Gasteiger partial charge in [0.25, 0.3) is 0 Å². The van der Waals surface area contributed by atoms with Crippen molar-refractivity contribution in [1.29, 1.82) is 0 Å². The van der Waals surface area contributed by atoms with Gasteiger partial charge in [-0.1, -0.05) is 5.10 Å². The zero-order chi connectivity index (χ0) is 19.4. The molecule has 1 aliphatic rings. The first kappa shape index (κ1) is 19.2. The summed E-state index contributed by atoms with van der Waals surface area (Å²) < 4.78 is 40.6. The Morgan fingerprint density at radius 1 is 1.07 bits per heavy atom. The van der Waals surface area contributed by atoms with Crippen LogP contribution in [0.1, 0.15) is 19.3 Å². The van der Waals surface area contributed by atoms with Crippen LogP contribution in [0.3, 0.4) is 0 Å². The molecule has 1 saturated heterocycles. The molecule has 1 aromatic carbocycles. The molecule has 0 N–H and O–H groups in total. The number of methoxy groups -OCH3 is 2. The molecule has 0 saturated carbocycles. The van der Waals surface area contributed by atoms with Crippen LogP contribution < -0.4 is 9.47 Å². The number of carbonyl (C=O) groups excluding carboxylic acids is 1. The van der Waals surface area contributed by atoms with Gasteiger partial charge in [0.15, 0.2) is 0 Å². The van der Waals surface area contributed by atoms with Gasteiger partial charge in [0.05, 0.1) is 14.2 Å². The molecule has 0 bridgehead atoms. The van der Waals surface area contributed by atoms with Crippen LogP contribution >= 0.6 is 0 Å². The van der Waals surface area contributed by atoms with E-state index in [0.29, 0.717) is 30.2 Å². The van der Waals surface area contributed by atoms with E-state index in [1.807, 2.05) is 0 Å². The Morgan fingerprint density at radius 2 is 1.70 bits per heavy atom. The minimum Gasteiger partial charge on any atom is -0.497 e. The molecule has 146 valence electrons. The van der Waals surface area contributed by atoms with Crippen molar-refractivity contribution >= 4 is 15.7 Å². The van der Waals surface area contributed by atoms with Crippen LogP contribution in [0.15, 0.2) is 27.8 Å². The van der Waals surface area contributed by atoms with Crippen molar-refractivity contribution in [1.82, 2.24) is 15.1 Å². The molecular formula is C17H21N3O6S. The van der Waals surface area contributed by atoms with Gasteiger partial charge in [0.1, 0.15) is 17.3 Å². The summed E-state index contributed by atoms with van der Waals surface area (Å²) in [5.41, 5.74) is 0.447. The number of rotatable bonds is 6. The Hall–Kier alpha value is -2.62. The molecule has 10 heteroatoms.